The smallest absolute Gasteiger partial charge is 0.288 e. The molecule has 0 aliphatic carbocycles. The molecule has 23 heavy (non-hydrogen) atoms. The maximum atomic E-state index is 12.7. The minimum absolute atomic E-state index is 0.0499. The monoisotopic (exact) mass is 386 g/mol. The van der Waals surface area contributed by atoms with Gasteiger partial charge in [0.1, 0.15) is 5.75 Å². The molecule has 3 rings (SSSR count). The Balaban J connectivity index is 2.03. The molecular weight excluding hydrogens is 376 g/mol. The number of benzene rings is 2. The minimum atomic E-state index is -3.57. The average molecular weight is 387 g/mol. The summed E-state index contributed by atoms with van der Waals surface area (Å²) in [7, 11) is -2.09. The van der Waals surface area contributed by atoms with E-state index in [4.69, 9.17) is 16.3 Å². The van der Waals surface area contributed by atoms with Gasteiger partial charge < -0.3 is 4.74 Å². The lowest BCUT2D eigenvalue weighted by molar-refractivity contribution is 0.411. The summed E-state index contributed by atoms with van der Waals surface area (Å²) in [4.78, 5) is 11.6. The van der Waals surface area contributed by atoms with Crippen LogP contribution in [0.25, 0.3) is 9.40 Å². The second kappa shape index (κ2) is 6.24. The fourth-order valence-corrected chi connectivity index (χ4v) is 5.80. The van der Waals surface area contributed by atoms with E-state index in [2.05, 4.69) is 0 Å². The molecule has 1 aromatic heterocycles. The van der Waals surface area contributed by atoms with Crippen LogP contribution in [-0.4, -0.2) is 15.5 Å². The molecule has 0 radical (unpaired) electrons. The molecule has 2 aromatic carbocycles. The second-order valence-electron chi connectivity index (χ2n) is 4.78. The Morgan fingerprint density at radius 3 is 2.57 bits per heavy atom. The molecule has 0 spiro atoms. The number of ether oxygens (including phenoxy) is 1. The molecule has 0 amide bonds. The van der Waals surface area contributed by atoms with Crippen molar-refractivity contribution >= 4 is 53.5 Å². The van der Waals surface area contributed by atoms with E-state index in [0.29, 0.717) is 21.0 Å². The van der Waals surface area contributed by atoms with E-state index in [9.17, 15) is 13.2 Å². The zero-order chi connectivity index (χ0) is 16.6. The molecule has 0 bridgehead atoms. The molecule has 0 aliphatic rings. The van der Waals surface area contributed by atoms with E-state index in [1.54, 1.807) is 30.3 Å². The molecule has 120 valence electrons. The number of sulfone groups is 1. The van der Waals surface area contributed by atoms with Crippen LogP contribution in [0.15, 0.2) is 46.1 Å². The first-order chi connectivity index (χ1) is 10.9. The summed E-state index contributed by atoms with van der Waals surface area (Å²) < 4.78 is 31.9. The van der Waals surface area contributed by atoms with Gasteiger partial charge in [-0.25, -0.2) is 8.42 Å². The molecular formula is C15H11ClO4S3. The second-order valence-corrected chi connectivity index (χ2v) is 9.49. The van der Waals surface area contributed by atoms with Gasteiger partial charge in [0.15, 0.2) is 9.84 Å². The van der Waals surface area contributed by atoms with Crippen LogP contribution < -0.4 is 8.79 Å². The van der Waals surface area contributed by atoms with Gasteiger partial charge in [0.2, 0.25) is 0 Å². The lowest BCUT2D eigenvalue weighted by Crippen LogP contribution is -2.06. The van der Waals surface area contributed by atoms with Crippen LogP contribution in [0.5, 0.6) is 5.75 Å². The van der Waals surface area contributed by atoms with Crippen molar-refractivity contribution < 1.29 is 13.2 Å². The van der Waals surface area contributed by atoms with E-state index < -0.39 is 9.84 Å². The van der Waals surface area contributed by atoms with E-state index in [1.807, 2.05) is 0 Å². The summed E-state index contributed by atoms with van der Waals surface area (Å²) in [6.45, 7) is 0. The molecule has 0 fully saturated rings. The number of halogens is 1. The number of fused-ring (bicyclic) bond motifs is 1. The number of methoxy groups -OCH3 is 1. The molecule has 4 nitrogen and oxygen atoms in total. The Morgan fingerprint density at radius 1 is 1.09 bits per heavy atom. The van der Waals surface area contributed by atoms with E-state index >= 15 is 0 Å². The molecule has 8 heteroatoms. The third kappa shape index (κ3) is 3.42. The fraction of sp³-hybridized carbons (Fsp3) is 0.133. The van der Waals surface area contributed by atoms with Crippen molar-refractivity contribution in [2.75, 3.05) is 7.11 Å². The van der Waals surface area contributed by atoms with Crippen molar-refractivity contribution in [1.29, 1.82) is 0 Å². The summed E-state index contributed by atoms with van der Waals surface area (Å²) in [5, 5.41) is 0.447. The van der Waals surface area contributed by atoms with Crippen LogP contribution in [0, 0.1) is 0 Å². The van der Waals surface area contributed by atoms with Crippen LogP contribution in [0.2, 0.25) is 5.02 Å². The van der Waals surface area contributed by atoms with Crippen molar-refractivity contribution in [2.45, 2.75) is 10.6 Å². The number of hydrogen-bond donors (Lipinski definition) is 0. The molecule has 0 atom stereocenters. The molecule has 0 N–H and O–H groups in total. The maximum absolute atomic E-state index is 12.7. The fourth-order valence-electron chi connectivity index (χ4n) is 2.19. The largest absolute Gasteiger partial charge is 0.496 e. The third-order valence-corrected chi connectivity index (χ3v) is 7.24. The Hall–Kier alpha value is -1.41. The van der Waals surface area contributed by atoms with Crippen LogP contribution >= 0.6 is 34.3 Å². The lowest BCUT2D eigenvalue weighted by atomic mass is 10.2. The highest BCUT2D eigenvalue weighted by Gasteiger charge is 2.19. The topological polar surface area (TPSA) is 60.4 Å². The van der Waals surface area contributed by atoms with Gasteiger partial charge in [0, 0.05) is 15.3 Å². The zero-order valence-electron chi connectivity index (χ0n) is 11.9. The minimum Gasteiger partial charge on any atom is -0.496 e. The van der Waals surface area contributed by atoms with Crippen LogP contribution in [0.4, 0.5) is 0 Å². The maximum Gasteiger partial charge on any atom is 0.288 e. The molecule has 0 saturated carbocycles. The standard InChI is InChI=1S/C15H11ClO4S3/c1-20-12-4-2-10(16)6-9(12)8-23(18,19)11-3-5-13-14(7-11)22-15(17)21-13/h2-7H,8H2,1H3. The SMILES string of the molecule is COc1ccc(Cl)cc1CS(=O)(=O)c1ccc2sc(=O)sc2c1. The third-order valence-electron chi connectivity index (χ3n) is 3.25. The summed E-state index contributed by atoms with van der Waals surface area (Å²) in [6.07, 6.45) is 0. The Kier molecular flexibility index (Phi) is 4.46. The Bertz CT molecular complexity index is 1030. The summed E-state index contributed by atoms with van der Waals surface area (Å²) >= 11 is 8.11. The van der Waals surface area contributed by atoms with Gasteiger partial charge >= 0.3 is 0 Å². The first-order valence-electron chi connectivity index (χ1n) is 6.48. The van der Waals surface area contributed by atoms with Gasteiger partial charge in [-0.2, -0.15) is 0 Å². The van der Waals surface area contributed by atoms with Crippen molar-refractivity contribution in [3.63, 3.8) is 0 Å². The molecule has 0 unspecified atom stereocenters. The Morgan fingerprint density at radius 2 is 1.83 bits per heavy atom. The number of rotatable bonds is 4. The summed E-state index contributed by atoms with van der Waals surface area (Å²) in [5.74, 6) is 0.251. The first-order valence-corrected chi connectivity index (χ1v) is 10.1. The van der Waals surface area contributed by atoms with Crippen molar-refractivity contribution in [1.82, 2.24) is 0 Å². The highest BCUT2D eigenvalue weighted by molar-refractivity contribution is 7.90. The molecule has 0 aliphatic heterocycles. The van der Waals surface area contributed by atoms with Gasteiger partial charge in [-0.1, -0.05) is 34.3 Å². The van der Waals surface area contributed by atoms with Crippen molar-refractivity contribution in [3.8, 4) is 5.75 Å². The lowest BCUT2D eigenvalue weighted by Gasteiger charge is -2.10. The van der Waals surface area contributed by atoms with E-state index in [-0.39, 0.29) is 14.7 Å². The van der Waals surface area contributed by atoms with E-state index in [1.165, 1.54) is 13.2 Å². The van der Waals surface area contributed by atoms with E-state index in [0.717, 1.165) is 27.4 Å². The highest BCUT2D eigenvalue weighted by atomic mass is 35.5. The molecule has 3 aromatic rings. The number of hydrogen-bond acceptors (Lipinski definition) is 6. The molecule has 1 heterocycles. The van der Waals surface area contributed by atoms with Gasteiger partial charge in [-0.05, 0) is 36.4 Å². The van der Waals surface area contributed by atoms with Crippen LogP contribution in [0.1, 0.15) is 5.56 Å². The van der Waals surface area contributed by atoms with Gasteiger partial charge in [0.25, 0.3) is 4.06 Å². The summed E-state index contributed by atoms with van der Waals surface area (Å²) in [6, 6.07) is 9.60. The quantitative estimate of drug-likeness (QED) is 0.681. The van der Waals surface area contributed by atoms with Gasteiger partial charge in [0.05, 0.1) is 22.5 Å². The molecule has 0 saturated heterocycles. The van der Waals surface area contributed by atoms with Crippen LogP contribution in [0.3, 0.4) is 0 Å². The predicted molar refractivity (Wildman–Crippen MR) is 94.9 cm³/mol. The van der Waals surface area contributed by atoms with Crippen molar-refractivity contribution in [3.05, 3.63) is 55.8 Å². The predicted octanol–water partition coefficient (Wildman–Crippen LogP) is 3.96. The average Bonchev–Trinajstić information content (AvgIpc) is 2.86. The Labute approximate surface area is 145 Å². The van der Waals surface area contributed by atoms with Gasteiger partial charge in [-0.15, -0.1) is 0 Å². The van der Waals surface area contributed by atoms with Gasteiger partial charge in [-0.3, -0.25) is 4.79 Å². The highest BCUT2D eigenvalue weighted by Crippen LogP contribution is 2.29. The normalized spacial score (nSPS) is 11.7. The van der Waals surface area contributed by atoms with Crippen LogP contribution in [-0.2, 0) is 15.6 Å². The van der Waals surface area contributed by atoms with Crippen molar-refractivity contribution in [2.24, 2.45) is 0 Å². The first kappa shape index (κ1) is 16.4. The summed E-state index contributed by atoms with van der Waals surface area (Å²) in [5.41, 5.74) is 0.499. The zero-order valence-corrected chi connectivity index (χ0v) is 15.1.